The van der Waals surface area contributed by atoms with Gasteiger partial charge in [-0.3, -0.25) is 14.9 Å². The third-order valence-electron chi connectivity index (χ3n) is 5.63. The Morgan fingerprint density at radius 1 is 0.892 bits per heavy atom. The van der Waals surface area contributed by atoms with Crippen molar-refractivity contribution in [3.63, 3.8) is 0 Å². The summed E-state index contributed by atoms with van der Waals surface area (Å²) in [5, 5.41) is 8.72. The zero-order valence-corrected chi connectivity index (χ0v) is 23.3. The van der Waals surface area contributed by atoms with Crippen LogP contribution in [0.25, 0.3) is 0 Å². The minimum Gasteiger partial charge on any atom is -0.493 e. The van der Waals surface area contributed by atoms with Crippen LogP contribution in [0.5, 0.6) is 5.75 Å². The van der Waals surface area contributed by atoms with E-state index in [-0.39, 0.29) is 11.0 Å². The Balaban J connectivity index is 1.59. The quantitative estimate of drug-likeness (QED) is 0.168. The Morgan fingerprint density at radius 2 is 1.65 bits per heavy atom. The summed E-state index contributed by atoms with van der Waals surface area (Å²) in [6, 6.07) is 22.3. The fourth-order valence-corrected chi connectivity index (χ4v) is 4.25. The van der Waals surface area contributed by atoms with Gasteiger partial charge in [0.2, 0.25) is 0 Å². The summed E-state index contributed by atoms with van der Waals surface area (Å²) in [7, 11) is 0. The summed E-state index contributed by atoms with van der Waals surface area (Å²) in [5.74, 6) is -0.121. The number of unbranched alkanes of at least 4 members (excludes halogenated alkanes) is 3. The van der Waals surface area contributed by atoms with E-state index < -0.39 is 5.91 Å². The molecule has 0 aliphatic rings. The van der Waals surface area contributed by atoms with Crippen LogP contribution >= 0.6 is 28.1 Å². The summed E-state index contributed by atoms with van der Waals surface area (Å²) in [5.41, 5.74) is 2.47. The molecule has 3 N–H and O–H groups in total. The van der Waals surface area contributed by atoms with E-state index in [1.165, 1.54) is 0 Å². The highest BCUT2D eigenvalue weighted by molar-refractivity contribution is 9.10. The number of nitrogens with one attached hydrogen (secondary N) is 3. The van der Waals surface area contributed by atoms with Crippen LogP contribution in [0.1, 0.15) is 58.9 Å². The van der Waals surface area contributed by atoms with Gasteiger partial charge in [0.25, 0.3) is 11.8 Å². The number of para-hydroxylation sites is 1. The predicted octanol–water partition coefficient (Wildman–Crippen LogP) is 6.51. The molecular weight excluding hydrogens is 550 g/mol. The topological polar surface area (TPSA) is 79.5 Å². The van der Waals surface area contributed by atoms with Crippen molar-refractivity contribution in [1.29, 1.82) is 0 Å². The lowest BCUT2D eigenvalue weighted by Gasteiger charge is -2.15. The molecule has 0 saturated heterocycles. The Bertz CT molecular complexity index is 1200. The zero-order valence-electron chi connectivity index (χ0n) is 20.9. The normalized spacial score (nSPS) is 10.4. The van der Waals surface area contributed by atoms with Crippen molar-refractivity contribution < 1.29 is 14.3 Å². The van der Waals surface area contributed by atoms with Crippen LogP contribution in [0.3, 0.4) is 0 Å². The lowest BCUT2D eigenvalue weighted by atomic mass is 10.1. The van der Waals surface area contributed by atoms with Crippen LogP contribution in [-0.2, 0) is 6.42 Å². The van der Waals surface area contributed by atoms with E-state index in [9.17, 15) is 9.59 Å². The van der Waals surface area contributed by atoms with Gasteiger partial charge in [0.15, 0.2) is 5.11 Å². The molecule has 0 saturated carbocycles. The van der Waals surface area contributed by atoms with Gasteiger partial charge in [-0.1, -0.05) is 84.6 Å². The van der Waals surface area contributed by atoms with E-state index >= 15 is 0 Å². The Hall–Kier alpha value is -3.23. The molecule has 0 bridgehead atoms. The molecule has 0 atom stereocenters. The molecular formula is C29H32BrN3O3S. The van der Waals surface area contributed by atoms with Crippen molar-refractivity contribution in [2.45, 2.75) is 39.0 Å². The molecule has 3 rings (SSSR count). The number of ether oxygens (including phenoxy) is 1. The average molecular weight is 583 g/mol. The first-order chi connectivity index (χ1) is 18.0. The number of carbonyl (C=O) groups is 2. The second-order valence-electron chi connectivity index (χ2n) is 8.49. The third kappa shape index (κ3) is 9.30. The SMILES string of the molecule is CCCCCCOc1ccc(Br)cc1C(=O)NC(=S)Nc1ccccc1C(=O)NCCc1ccccc1. The third-order valence-corrected chi connectivity index (χ3v) is 6.33. The van der Waals surface area contributed by atoms with Crippen LogP contribution in [0.15, 0.2) is 77.3 Å². The maximum Gasteiger partial charge on any atom is 0.261 e. The average Bonchev–Trinajstić information content (AvgIpc) is 2.90. The van der Waals surface area contributed by atoms with Gasteiger partial charge in [-0.15, -0.1) is 0 Å². The van der Waals surface area contributed by atoms with E-state index in [1.807, 2.05) is 36.4 Å². The molecule has 0 aromatic heterocycles. The zero-order chi connectivity index (χ0) is 26.5. The highest BCUT2D eigenvalue weighted by atomic mass is 79.9. The summed E-state index contributed by atoms with van der Waals surface area (Å²) in [6.45, 7) is 3.20. The summed E-state index contributed by atoms with van der Waals surface area (Å²) in [4.78, 5) is 25.9. The summed E-state index contributed by atoms with van der Waals surface area (Å²) < 4.78 is 6.64. The van der Waals surface area contributed by atoms with Crippen LogP contribution in [-0.4, -0.2) is 30.1 Å². The Labute approximate surface area is 232 Å². The number of hydrogen-bond donors (Lipinski definition) is 3. The fourth-order valence-electron chi connectivity index (χ4n) is 3.69. The second-order valence-corrected chi connectivity index (χ2v) is 9.82. The molecule has 0 radical (unpaired) electrons. The highest BCUT2D eigenvalue weighted by Crippen LogP contribution is 2.24. The molecule has 0 unspecified atom stereocenters. The van der Waals surface area contributed by atoms with Gasteiger partial charge in [0.1, 0.15) is 5.75 Å². The Kier molecular flexibility index (Phi) is 11.6. The smallest absolute Gasteiger partial charge is 0.261 e. The Morgan fingerprint density at radius 3 is 2.43 bits per heavy atom. The minimum atomic E-state index is -0.396. The molecule has 8 heteroatoms. The maximum atomic E-state index is 13.0. The predicted molar refractivity (Wildman–Crippen MR) is 156 cm³/mol. The van der Waals surface area contributed by atoms with Crippen molar-refractivity contribution in [2.75, 3.05) is 18.5 Å². The number of anilines is 1. The fraction of sp³-hybridized carbons (Fsp3) is 0.276. The number of thiocarbonyl (C=S) groups is 1. The largest absolute Gasteiger partial charge is 0.493 e. The molecule has 3 aromatic rings. The molecule has 0 fully saturated rings. The molecule has 37 heavy (non-hydrogen) atoms. The molecule has 6 nitrogen and oxygen atoms in total. The minimum absolute atomic E-state index is 0.0865. The van der Waals surface area contributed by atoms with Crippen molar-refractivity contribution in [2.24, 2.45) is 0 Å². The van der Waals surface area contributed by atoms with Gasteiger partial charge in [-0.2, -0.15) is 0 Å². The number of halogens is 1. The van der Waals surface area contributed by atoms with Crippen LogP contribution in [0, 0.1) is 0 Å². The van der Waals surface area contributed by atoms with Gasteiger partial charge < -0.3 is 15.4 Å². The molecule has 0 aliphatic carbocycles. The number of amides is 2. The maximum absolute atomic E-state index is 13.0. The van der Waals surface area contributed by atoms with E-state index in [4.69, 9.17) is 17.0 Å². The lowest BCUT2D eigenvalue weighted by molar-refractivity contribution is 0.0952. The van der Waals surface area contributed by atoms with E-state index in [0.29, 0.717) is 35.7 Å². The molecule has 2 amide bonds. The number of rotatable bonds is 12. The first-order valence-corrected chi connectivity index (χ1v) is 13.6. The van der Waals surface area contributed by atoms with Crippen LogP contribution < -0.4 is 20.7 Å². The molecule has 0 spiro atoms. The van der Waals surface area contributed by atoms with E-state index in [1.54, 1.807) is 36.4 Å². The number of carbonyl (C=O) groups excluding carboxylic acids is 2. The second kappa shape index (κ2) is 15.1. The monoisotopic (exact) mass is 581 g/mol. The van der Waals surface area contributed by atoms with Gasteiger partial charge in [-0.05, 0) is 61.0 Å². The first kappa shape index (κ1) is 28.3. The molecule has 0 aliphatic heterocycles. The molecule has 0 heterocycles. The van der Waals surface area contributed by atoms with Gasteiger partial charge >= 0.3 is 0 Å². The first-order valence-electron chi connectivity index (χ1n) is 12.4. The van der Waals surface area contributed by atoms with Crippen LogP contribution in [0.2, 0.25) is 0 Å². The van der Waals surface area contributed by atoms with Crippen LogP contribution in [0.4, 0.5) is 5.69 Å². The van der Waals surface area contributed by atoms with E-state index in [0.717, 1.165) is 42.1 Å². The van der Waals surface area contributed by atoms with Crippen molar-refractivity contribution >= 4 is 50.8 Å². The van der Waals surface area contributed by atoms with Crippen molar-refractivity contribution in [3.05, 3.63) is 94.0 Å². The summed E-state index contributed by atoms with van der Waals surface area (Å²) in [6.07, 6.45) is 5.04. The lowest BCUT2D eigenvalue weighted by Crippen LogP contribution is -2.35. The molecule has 194 valence electrons. The van der Waals surface area contributed by atoms with E-state index in [2.05, 4.69) is 38.8 Å². The van der Waals surface area contributed by atoms with Gasteiger partial charge in [0.05, 0.1) is 23.4 Å². The summed E-state index contributed by atoms with van der Waals surface area (Å²) >= 11 is 8.81. The van der Waals surface area contributed by atoms with Crippen molar-refractivity contribution in [1.82, 2.24) is 10.6 Å². The van der Waals surface area contributed by atoms with Gasteiger partial charge in [0, 0.05) is 11.0 Å². The highest BCUT2D eigenvalue weighted by Gasteiger charge is 2.17. The van der Waals surface area contributed by atoms with Crippen molar-refractivity contribution in [3.8, 4) is 5.75 Å². The van der Waals surface area contributed by atoms with Gasteiger partial charge in [-0.25, -0.2) is 0 Å². The molecule has 3 aromatic carbocycles. The number of hydrogen-bond acceptors (Lipinski definition) is 4. The standard InChI is InChI=1S/C29H32BrN3O3S/c1-2-3-4-10-19-36-26-16-15-22(30)20-24(26)28(35)33-29(37)32-25-14-9-8-13-23(25)27(34)31-18-17-21-11-6-5-7-12-21/h5-9,11-16,20H,2-4,10,17-19H2,1H3,(H,31,34)(H2,32,33,35,37). The number of benzene rings is 3.